The fourth-order valence-corrected chi connectivity index (χ4v) is 3.61. The average molecular weight is 317 g/mol. The molecular weight excluding hydrogens is 300 g/mol. The minimum atomic E-state index is 0.829. The van der Waals surface area contributed by atoms with Crippen molar-refractivity contribution in [3.63, 3.8) is 0 Å². The molecule has 108 valence electrons. The van der Waals surface area contributed by atoms with Crippen molar-refractivity contribution in [3.8, 4) is 0 Å². The van der Waals surface area contributed by atoms with Gasteiger partial charge in [-0.3, -0.25) is 4.99 Å². The Morgan fingerprint density at radius 1 is 1.10 bits per heavy atom. The summed E-state index contributed by atoms with van der Waals surface area (Å²) in [5.41, 5.74) is 2.35. The molecule has 3 rings (SSSR count). The van der Waals surface area contributed by atoms with Crippen LogP contribution in [0.15, 0.2) is 58.4 Å². The van der Waals surface area contributed by atoms with Crippen LogP contribution in [0.3, 0.4) is 0 Å². The Bertz CT molecular complexity index is 655. The number of nitrogens with zero attached hydrogens (tertiary/aromatic N) is 1. The predicted octanol–water partition coefficient (Wildman–Crippen LogP) is 4.37. The molecule has 0 spiro atoms. The Balaban J connectivity index is 1.80. The van der Waals surface area contributed by atoms with E-state index >= 15 is 0 Å². The molecule has 0 amide bonds. The molecule has 1 aliphatic heterocycles. The summed E-state index contributed by atoms with van der Waals surface area (Å²) in [5, 5.41) is 4.23. The molecular formula is C17H17ClN2S. The van der Waals surface area contributed by atoms with E-state index in [9.17, 15) is 0 Å². The lowest BCUT2D eigenvalue weighted by Gasteiger charge is -2.17. The van der Waals surface area contributed by atoms with Crippen LogP contribution in [0.5, 0.6) is 0 Å². The van der Waals surface area contributed by atoms with Crippen molar-refractivity contribution >= 4 is 29.2 Å². The van der Waals surface area contributed by atoms with Gasteiger partial charge in [0, 0.05) is 34.3 Å². The summed E-state index contributed by atoms with van der Waals surface area (Å²) in [4.78, 5) is 5.84. The molecule has 0 unspecified atom stereocenters. The van der Waals surface area contributed by atoms with Gasteiger partial charge in [0.1, 0.15) is 5.84 Å². The molecule has 0 aliphatic carbocycles. The molecule has 0 bridgehead atoms. The number of halogens is 1. The quantitative estimate of drug-likeness (QED) is 0.847. The second-order valence-electron chi connectivity index (χ2n) is 4.89. The summed E-state index contributed by atoms with van der Waals surface area (Å²) in [7, 11) is 0. The fourth-order valence-electron chi connectivity index (χ4n) is 2.27. The highest BCUT2D eigenvalue weighted by Gasteiger charge is 2.12. The summed E-state index contributed by atoms with van der Waals surface area (Å²) < 4.78 is 0. The number of benzene rings is 2. The van der Waals surface area contributed by atoms with E-state index < -0.39 is 0 Å². The lowest BCUT2D eigenvalue weighted by atomic mass is 10.2. The van der Waals surface area contributed by atoms with E-state index in [-0.39, 0.29) is 0 Å². The Morgan fingerprint density at radius 3 is 2.71 bits per heavy atom. The first-order valence-electron chi connectivity index (χ1n) is 7.08. The minimum Gasteiger partial charge on any atom is -0.370 e. The smallest absolute Gasteiger partial charge is 0.129 e. The normalized spacial score (nSPS) is 14.4. The zero-order chi connectivity index (χ0) is 14.5. The van der Waals surface area contributed by atoms with Crippen LogP contribution in [0, 0.1) is 0 Å². The standard InChI is InChI=1S/C17H17ClN2S/c18-15-8-3-1-6-13(15)12-21-16-9-4-2-7-14(16)17-19-10-5-11-20-17/h1-4,6-9H,5,10-12H2,(H,19,20). The molecule has 0 saturated heterocycles. The highest BCUT2D eigenvalue weighted by molar-refractivity contribution is 7.98. The maximum atomic E-state index is 6.23. The zero-order valence-corrected chi connectivity index (χ0v) is 13.3. The molecule has 0 radical (unpaired) electrons. The van der Waals surface area contributed by atoms with E-state index in [1.807, 2.05) is 18.2 Å². The summed E-state index contributed by atoms with van der Waals surface area (Å²) in [6, 6.07) is 16.4. The van der Waals surface area contributed by atoms with E-state index in [4.69, 9.17) is 11.6 Å². The Labute approximate surface area is 134 Å². The molecule has 1 aliphatic rings. The third-order valence-corrected chi connectivity index (χ3v) is 4.87. The largest absolute Gasteiger partial charge is 0.370 e. The van der Waals surface area contributed by atoms with Crippen LogP contribution in [0.25, 0.3) is 0 Å². The topological polar surface area (TPSA) is 24.4 Å². The highest BCUT2D eigenvalue weighted by atomic mass is 35.5. The second kappa shape index (κ2) is 7.01. The van der Waals surface area contributed by atoms with Gasteiger partial charge in [-0.25, -0.2) is 0 Å². The van der Waals surface area contributed by atoms with Gasteiger partial charge in [0.15, 0.2) is 0 Å². The Kier molecular flexibility index (Phi) is 4.84. The van der Waals surface area contributed by atoms with E-state index in [1.165, 1.54) is 10.5 Å². The second-order valence-corrected chi connectivity index (χ2v) is 6.31. The van der Waals surface area contributed by atoms with Crippen molar-refractivity contribution in [2.24, 2.45) is 4.99 Å². The summed E-state index contributed by atoms with van der Waals surface area (Å²) in [6.45, 7) is 1.91. The molecule has 1 N–H and O–H groups in total. The average Bonchev–Trinajstić information content (AvgIpc) is 2.55. The van der Waals surface area contributed by atoms with Gasteiger partial charge in [-0.05, 0) is 24.1 Å². The maximum Gasteiger partial charge on any atom is 0.129 e. The lowest BCUT2D eigenvalue weighted by molar-refractivity contribution is 0.741. The van der Waals surface area contributed by atoms with Crippen LogP contribution < -0.4 is 5.32 Å². The molecule has 0 saturated carbocycles. The number of aliphatic imine (C=N–C) groups is 1. The number of amidine groups is 1. The summed E-state index contributed by atoms with van der Waals surface area (Å²) in [6.07, 6.45) is 1.11. The van der Waals surface area contributed by atoms with Gasteiger partial charge >= 0.3 is 0 Å². The van der Waals surface area contributed by atoms with E-state index in [2.05, 4.69) is 40.6 Å². The number of nitrogens with one attached hydrogen (secondary N) is 1. The molecule has 4 heteroatoms. The van der Waals surface area contributed by atoms with Crippen LogP contribution in [-0.4, -0.2) is 18.9 Å². The van der Waals surface area contributed by atoms with Gasteiger partial charge in [-0.2, -0.15) is 0 Å². The van der Waals surface area contributed by atoms with Crippen molar-refractivity contribution in [1.29, 1.82) is 0 Å². The Hall–Kier alpha value is -1.45. The molecule has 0 aromatic heterocycles. The van der Waals surface area contributed by atoms with Crippen LogP contribution in [0.4, 0.5) is 0 Å². The zero-order valence-electron chi connectivity index (χ0n) is 11.7. The molecule has 0 atom stereocenters. The van der Waals surface area contributed by atoms with Crippen LogP contribution in [0.1, 0.15) is 17.5 Å². The van der Waals surface area contributed by atoms with Gasteiger partial charge in [0.25, 0.3) is 0 Å². The number of hydrogen-bond donors (Lipinski definition) is 1. The highest BCUT2D eigenvalue weighted by Crippen LogP contribution is 2.29. The lowest BCUT2D eigenvalue weighted by Crippen LogP contribution is -2.30. The summed E-state index contributed by atoms with van der Waals surface area (Å²) >= 11 is 8.03. The number of thioether (sulfide) groups is 1. The van der Waals surface area contributed by atoms with Crippen molar-refractivity contribution in [2.75, 3.05) is 13.1 Å². The summed E-state index contributed by atoms with van der Waals surface area (Å²) in [5.74, 6) is 1.88. The fraction of sp³-hybridized carbons (Fsp3) is 0.235. The third-order valence-electron chi connectivity index (χ3n) is 3.38. The molecule has 1 heterocycles. The maximum absolute atomic E-state index is 6.23. The first kappa shape index (κ1) is 14.5. The predicted molar refractivity (Wildman–Crippen MR) is 91.5 cm³/mol. The van der Waals surface area contributed by atoms with Crippen LogP contribution >= 0.6 is 23.4 Å². The number of rotatable bonds is 4. The van der Waals surface area contributed by atoms with Crippen LogP contribution in [-0.2, 0) is 5.75 Å². The van der Waals surface area contributed by atoms with E-state index in [0.717, 1.165) is 41.7 Å². The van der Waals surface area contributed by atoms with Gasteiger partial charge in [-0.1, -0.05) is 48.0 Å². The van der Waals surface area contributed by atoms with Gasteiger partial charge in [0.05, 0.1) is 0 Å². The first-order chi connectivity index (χ1) is 10.3. The van der Waals surface area contributed by atoms with Crippen molar-refractivity contribution in [1.82, 2.24) is 5.32 Å². The van der Waals surface area contributed by atoms with Gasteiger partial charge in [-0.15, -0.1) is 11.8 Å². The van der Waals surface area contributed by atoms with E-state index in [1.54, 1.807) is 11.8 Å². The molecule has 21 heavy (non-hydrogen) atoms. The Morgan fingerprint density at radius 2 is 1.90 bits per heavy atom. The SMILES string of the molecule is Clc1ccccc1CSc1ccccc1C1=NCCCN1. The van der Waals surface area contributed by atoms with E-state index in [0.29, 0.717) is 0 Å². The number of hydrogen-bond acceptors (Lipinski definition) is 3. The molecule has 2 aromatic carbocycles. The monoisotopic (exact) mass is 316 g/mol. The third kappa shape index (κ3) is 3.60. The van der Waals surface area contributed by atoms with Crippen molar-refractivity contribution in [3.05, 3.63) is 64.7 Å². The van der Waals surface area contributed by atoms with Crippen molar-refractivity contribution in [2.45, 2.75) is 17.1 Å². The van der Waals surface area contributed by atoms with Gasteiger partial charge in [0.2, 0.25) is 0 Å². The first-order valence-corrected chi connectivity index (χ1v) is 8.45. The molecule has 2 aromatic rings. The molecule has 2 nitrogen and oxygen atoms in total. The van der Waals surface area contributed by atoms with Crippen LogP contribution in [0.2, 0.25) is 5.02 Å². The van der Waals surface area contributed by atoms with Gasteiger partial charge < -0.3 is 5.32 Å². The molecule has 0 fully saturated rings. The minimum absolute atomic E-state index is 0.829. The van der Waals surface area contributed by atoms with Crippen molar-refractivity contribution < 1.29 is 0 Å².